The van der Waals surface area contributed by atoms with E-state index in [-0.39, 0.29) is 12.1 Å². The normalized spacial score (nSPS) is 14.6. The molecule has 0 aromatic carbocycles. The number of esters is 1. The van der Waals surface area contributed by atoms with Crippen LogP contribution in [0.25, 0.3) is 0 Å². The molecule has 0 aliphatic rings. The molecule has 0 radical (unpaired) electrons. The maximum absolute atomic E-state index is 11.2. The predicted molar refractivity (Wildman–Crippen MR) is 48.7 cm³/mol. The summed E-state index contributed by atoms with van der Waals surface area (Å²) in [6.45, 7) is 9.15. The van der Waals surface area contributed by atoms with Crippen molar-refractivity contribution < 1.29 is 9.53 Å². The van der Waals surface area contributed by atoms with E-state index < -0.39 is 5.54 Å². The highest BCUT2D eigenvalue weighted by Crippen LogP contribution is 2.09. The van der Waals surface area contributed by atoms with Crippen molar-refractivity contribution in [2.75, 3.05) is 0 Å². The van der Waals surface area contributed by atoms with Gasteiger partial charge in [-0.1, -0.05) is 13.8 Å². The molecule has 0 aromatic heterocycles. The third-order valence-corrected chi connectivity index (χ3v) is 1.76. The van der Waals surface area contributed by atoms with Crippen molar-refractivity contribution in [2.45, 2.75) is 46.3 Å². The van der Waals surface area contributed by atoms with Crippen LogP contribution in [0.4, 0.5) is 0 Å². The Balaban J connectivity index is 4.02. The molecule has 3 heteroatoms. The third-order valence-electron chi connectivity index (χ3n) is 1.76. The van der Waals surface area contributed by atoms with Crippen molar-refractivity contribution in [3.05, 3.63) is 0 Å². The van der Waals surface area contributed by atoms with Gasteiger partial charge >= 0.3 is 5.97 Å². The lowest BCUT2D eigenvalue weighted by Gasteiger charge is -2.22. The second-order valence-electron chi connectivity index (χ2n) is 4.08. The fourth-order valence-electron chi connectivity index (χ4n) is 0.457. The molecule has 0 rings (SSSR count). The third kappa shape index (κ3) is 3.72. The molecule has 0 aliphatic heterocycles. The van der Waals surface area contributed by atoms with Crippen LogP contribution in [-0.4, -0.2) is 17.6 Å². The van der Waals surface area contributed by atoms with Crippen molar-refractivity contribution >= 4 is 5.97 Å². The standard InChI is InChI=1S/C9H19NO2/c1-6(2)7(3)12-8(11)9(4,5)10/h6-7H,10H2,1-5H3. The summed E-state index contributed by atoms with van der Waals surface area (Å²) in [5.41, 5.74) is 4.67. The van der Waals surface area contributed by atoms with Crippen molar-refractivity contribution in [2.24, 2.45) is 11.7 Å². The van der Waals surface area contributed by atoms with Gasteiger partial charge in [0.1, 0.15) is 11.6 Å². The van der Waals surface area contributed by atoms with Crippen molar-refractivity contribution in [1.82, 2.24) is 0 Å². The maximum Gasteiger partial charge on any atom is 0.325 e. The van der Waals surface area contributed by atoms with Crippen LogP contribution in [0.15, 0.2) is 0 Å². The first kappa shape index (κ1) is 11.4. The van der Waals surface area contributed by atoms with E-state index in [0.717, 1.165) is 0 Å². The summed E-state index contributed by atoms with van der Waals surface area (Å²) < 4.78 is 5.11. The summed E-state index contributed by atoms with van der Waals surface area (Å²) >= 11 is 0. The summed E-state index contributed by atoms with van der Waals surface area (Å²) in [5.74, 6) is -0.0139. The predicted octanol–water partition coefficient (Wildman–Crippen LogP) is 1.31. The number of rotatable bonds is 3. The van der Waals surface area contributed by atoms with Crippen molar-refractivity contribution in [3.8, 4) is 0 Å². The van der Waals surface area contributed by atoms with Gasteiger partial charge in [-0.3, -0.25) is 4.79 Å². The highest BCUT2D eigenvalue weighted by Gasteiger charge is 2.26. The Hall–Kier alpha value is -0.570. The number of hydrogen-bond donors (Lipinski definition) is 1. The molecule has 72 valence electrons. The largest absolute Gasteiger partial charge is 0.461 e. The molecule has 1 unspecified atom stereocenters. The van der Waals surface area contributed by atoms with E-state index in [0.29, 0.717) is 5.92 Å². The molecule has 0 saturated carbocycles. The first-order valence-corrected chi connectivity index (χ1v) is 4.25. The Bertz CT molecular complexity index is 158. The van der Waals surface area contributed by atoms with Gasteiger partial charge in [-0.25, -0.2) is 0 Å². The average molecular weight is 173 g/mol. The lowest BCUT2D eigenvalue weighted by atomic mass is 10.1. The molecule has 0 aliphatic carbocycles. The van der Waals surface area contributed by atoms with Crippen LogP contribution in [0.2, 0.25) is 0 Å². The van der Waals surface area contributed by atoms with Gasteiger partial charge in [0.25, 0.3) is 0 Å². The Morgan fingerprint density at radius 2 is 1.75 bits per heavy atom. The highest BCUT2D eigenvalue weighted by atomic mass is 16.5. The zero-order valence-electron chi connectivity index (χ0n) is 8.55. The van der Waals surface area contributed by atoms with E-state index in [1.165, 1.54) is 0 Å². The first-order chi connectivity index (χ1) is 5.25. The molecule has 0 heterocycles. The van der Waals surface area contributed by atoms with E-state index in [2.05, 4.69) is 0 Å². The van der Waals surface area contributed by atoms with Crippen LogP contribution in [0, 0.1) is 5.92 Å². The van der Waals surface area contributed by atoms with Crippen LogP contribution in [0.3, 0.4) is 0 Å². The Labute approximate surface area is 74.3 Å². The van der Waals surface area contributed by atoms with Gasteiger partial charge in [0, 0.05) is 0 Å². The summed E-state index contributed by atoms with van der Waals surface area (Å²) in [4.78, 5) is 11.2. The second kappa shape index (κ2) is 3.90. The van der Waals surface area contributed by atoms with Crippen LogP contribution < -0.4 is 5.73 Å². The minimum absolute atomic E-state index is 0.0691. The van der Waals surface area contributed by atoms with Crippen LogP contribution in [0.5, 0.6) is 0 Å². The number of hydrogen-bond acceptors (Lipinski definition) is 3. The SMILES string of the molecule is CC(C)C(C)OC(=O)C(C)(C)N. The second-order valence-corrected chi connectivity index (χ2v) is 4.08. The van der Waals surface area contributed by atoms with Crippen LogP contribution in [0.1, 0.15) is 34.6 Å². The van der Waals surface area contributed by atoms with Gasteiger partial charge < -0.3 is 10.5 Å². The number of nitrogens with two attached hydrogens (primary N) is 1. The van der Waals surface area contributed by atoms with Crippen molar-refractivity contribution in [1.29, 1.82) is 0 Å². The summed E-state index contributed by atoms with van der Waals surface area (Å²) in [6.07, 6.45) is -0.0691. The Morgan fingerprint density at radius 1 is 1.33 bits per heavy atom. The van der Waals surface area contributed by atoms with Crippen LogP contribution in [-0.2, 0) is 9.53 Å². The van der Waals surface area contributed by atoms with E-state index >= 15 is 0 Å². The smallest absolute Gasteiger partial charge is 0.325 e. The molecule has 3 nitrogen and oxygen atoms in total. The van der Waals surface area contributed by atoms with E-state index in [1.54, 1.807) is 13.8 Å². The fraction of sp³-hybridized carbons (Fsp3) is 0.889. The lowest BCUT2D eigenvalue weighted by Crippen LogP contribution is -2.44. The van der Waals surface area contributed by atoms with Gasteiger partial charge in [0.05, 0.1) is 0 Å². The molecule has 12 heavy (non-hydrogen) atoms. The molecule has 0 fully saturated rings. The lowest BCUT2D eigenvalue weighted by molar-refractivity contribution is -0.155. The zero-order valence-corrected chi connectivity index (χ0v) is 8.55. The van der Waals surface area contributed by atoms with E-state index in [9.17, 15) is 4.79 Å². The Kier molecular flexibility index (Phi) is 3.71. The summed E-state index contributed by atoms with van der Waals surface area (Å²) in [6, 6.07) is 0. The minimum atomic E-state index is -0.886. The zero-order chi connectivity index (χ0) is 9.94. The van der Waals surface area contributed by atoms with Gasteiger partial charge in [-0.2, -0.15) is 0 Å². The quantitative estimate of drug-likeness (QED) is 0.655. The highest BCUT2D eigenvalue weighted by molar-refractivity contribution is 5.79. The molecular weight excluding hydrogens is 154 g/mol. The molecular formula is C9H19NO2. The van der Waals surface area contributed by atoms with Crippen LogP contribution >= 0.6 is 0 Å². The first-order valence-electron chi connectivity index (χ1n) is 4.25. The summed E-state index contributed by atoms with van der Waals surface area (Å²) in [7, 11) is 0. The van der Waals surface area contributed by atoms with E-state index in [1.807, 2.05) is 20.8 Å². The molecule has 0 bridgehead atoms. The molecule has 2 N–H and O–H groups in total. The molecule has 1 atom stereocenters. The minimum Gasteiger partial charge on any atom is -0.461 e. The monoisotopic (exact) mass is 173 g/mol. The van der Waals surface area contributed by atoms with Gasteiger partial charge in [0.2, 0.25) is 0 Å². The molecule has 0 saturated heterocycles. The van der Waals surface area contributed by atoms with E-state index in [4.69, 9.17) is 10.5 Å². The number of carbonyl (C=O) groups excluding carboxylic acids is 1. The maximum atomic E-state index is 11.2. The topological polar surface area (TPSA) is 52.3 Å². The van der Waals surface area contributed by atoms with Gasteiger partial charge in [-0.15, -0.1) is 0 Å². The average Bonchev–Trinajstić information content (AvgIpc) is 1.85. The summed E-state index contributed by atoms with van der Waals surface area (Å²) in [5, 5.41) is 0. The van der Waals surface area contributed by atoms with Crippen molar-refractivity contribution in [3.63, 3.8) is 0 Å². The van der Waals surface area contributed by atoms with Gasteiger partial charge in [0.15, 0.2) is 0 Å². The molecule has 0 aromatic rings. The fourth-order valence-corrected chi connectivity index (χ4v) is 0.457. The number of ether oxygens (including phenoxy) is 1. The molecule has 0 spiro atoms. The Morgan fingerprint density at radius 3 is 2.00 bits per heavy atom. The van der Waals surface area contributed by atoms with Gasteiger partial charge in [-0.05, 0) is 26.7 Å². The molecule has 0 amide bonds. The number of carbonyl (C=O) groups is 1.